The average Bonchev–Trinajstić information content (AvgIpc) is 3.24. The molecule has 1 aromatic carbocycles. The first-order valence-corrected chi connectivity index (χ1v) is 10.3. The van der Waals surface area contributed by atoms with Gasteiger partial charge in [0, 0.05) is 31.5 Å². The second kappa shape index (κ2) is 5.94. The van der Waals surface area contributed by atoms with Crippen LogP contribution in [0.2, 0.25) is 0 Å². The van der Waals surface area contributed by atoms with Gasteiger partial charge in [0.25, 0.3) is 0 Å². The number of fused-ring (bicyclic) bond motifs is 1. The molecule has 1 aromatic rings. The molecule has 0 aliphatic carbocycles. The molecule has 4 rings (SSSR count). The molecule has 6 nitrogen and oxygen atoms in total. The maximum Gasteiger partial charge on any atom is 0.246 e. The van der Waals surface area contributed by atoms with Crippen molar-refractivity contribution in [3.63, 3.8) is 0 Å². The van der Waals surface area contributed by atoms with Gasteiger partial charge in [0.15, 0.2) is 0 Å². The summed E-state index contributed by atoms with van der Waals surface area (Å²) < 4.78 is 39.7. The number of benzene rings is 1. The topological polar surface area (TPSA) is 59.1 Å². The van der Waals surface area contributed by atoms with Crippen molar-refractivity contribution in [3.8, 4) is 5.75 Å². The summed E-state index contributed by atoms with van der Waals surface area (Å²) in [5.41, 5.74) is -0.291. The maximum atomic E-state index is 13.2. The van der Waals surface area contributed by atoms with E-state index < -0.39 is 10.0 Å². The summed E-state index contributed by atoms with van der Waals surface area (Å²) in [5.74, 6) is 1.08. The molecule has 25 heavy (non-hydrogen) atoms. The lowest BCUT2D eigenvalue weighted by molar-refractivity contribution is 0.00738. The van der Waals surface area contributed by atoms with Crippen LogP contribution >= 0.6 is 0 Å². The van der Waals surface area contributed by atoms with Gasteiger partial charge in [-0.2, -0.15) is 4.31 Å². The van der Waals surface area contributed by atoms with Crippen LogP contribution in [0.25, 0.3) is 0 Å². The molecule has 0 aromatic heterocycles. The maximum absolute atomic E-state index is 13.2. The third kappa shape index (κ3) is 2.60. The highest BCUT2D eigenvalue weighted by atomic mass is 32.2. The second-order valence-electron chi connectivity index (χ2n) is 7.74. The smallest absolute Gasteiger partial charge is 0.246 e. The highest BCUT2D eigenvalue weighted by Crippen LogP contribution is 2.55. The Morgan fingerprint density at radius 1 is 1.36 bits per heavy atom. The van der Waals surface area contributed by atoms with E-state index in [1.165, 1.54) is 7.11 Å². The van der Waals surface area contributed by atoms with Crippen LogP contribution in [0.4, 0.5) is 0 Å². The molecule has 3 aliphatic heterocycles. The lowest BCUT2D eigenvalue weighted by Gasteiger charge is -2.31. The monoisotopic (exact) mass is 366 g/mol. The van der Waals surface area contributed by atoms with Gasteiger partial charge in [0.2, 0.25) is 10.0 Å². The standard InChI is InChI=1S/C18H26N2O4S/c1-19(2)10-13-14-11-20(12-18(14)9-8-15(13)24-18)25(21,22)17-7-5-4-6-16(17)23-3/h4-7,13-15H,8-12H2,1-3H3/t13-,14+,15+,18+/m0/s1. The molecular formula is C18H26N2O4S. The first kappa shape index (κ1) is 17.3. The largest absolute Gasteiger partial charge is 0.495 e. The van der Waals surface area contributed by atoms with Crippen LogP contribution in [0.5, 0.6) is 5.75 Å². The number of para-hydroxylation sites is 1. The van der Waals surface area contributed by atoms with Crippen LogP contribution in [0.1, 0.15) is 12.8 Å². The Morgan fingerprint density at radius 3 is 2.84 bits per heavy atom. The van der Waals surface area contributed by atoms with Crippen LogP contribution in [-0.2, 0) is 14.8 Å². The van der Waals surface area contributed by atoms with Gasteiger partial charge in [0.05, 0.1) is 18.8 Å². The fourth-order valence-corrected chi connectivity index (χ4v) is 6.65. The van der Waals surface area contributed by atoms with Crippen molar-refractivity contribution in [3.05, 3.63) is 24.3 Å². The zero-order valence-electron chi connectivity index (χ0n) is 15.0. The zero-order valence-corrected chi connectivity index (χ0v) is 15.8. The Morgan fingerprint density at radius 2 is 2.12 bits per heavy atom. The summed E-state index contributed by atoms with van der Waals surface area (Å²) in [6, 6.07) is 6.84. The van der Waals surface area contributed by atoms with Gasteiger partial charge in [-0.25, -0.2) is 8.42 Å². The van der Waals surface area contributed by atoms with E-state index in [0.717, 1.165) is 19.4 Å². The minimum absolute atomic E-state index is 0.243. The first-order chi connectivity index (χ1) is 11.9. The normalized spacial score (nSPS) is 34.6. The first-order valence-electron chi connectivity index (χ1n) is 8.83. The van der Waals surface area contributed by atoms with Crippen molar-refractivity contribution in [1.29, 1.82) is 0 Å². The summed E-state index contributed by atoms with van der Waals surface area (Å²) in [7, 11) is 2.05. The van der Waals surface area contributed by atoms with Gasteiger partial charge >= 0.3 is 0 Å². The third-order valence-corrected chi connectivity index (χ3v) is 7.87. The third-order valence-electron chi connectivity index (χ3n) is 6.02. The van der Waals surface area contributed by atoms with E-state index in [2.05, 4.69) is 19.0 Å². The van der Waals surface area contributed by atoms with Crippen molar-refractivity contribution < 1.29 is 17.9 Å². The van der Waals surface area contributed by atoms with Crippen LogP contribution in [0, 0.1) is 11.8 Å². The molecular weight excluding hydrogens is 340 g/mol. The number of hydrogen-bond donors (Lipinski definition) is 0. The minimum atomic E-state index is -3.59. The SMILES string of the molecule is COc1ccccc1S(=O)(=O)N1C[C@@H]2[C@H](CN(C)C)[C@H]3CC[C@]2(C1)O3. The fourth-order valence-electron chi connectivity index (χ4n) is 4.97. The Kier molecular flexibility index (Phi) is 4.11. The van der Waals surface area contributed by atoms with E-state index in [1.807, 2.05) is 0 Å². The van der Waals surface area contributed by atoms with Crippen LogP contribution in [0.3, 0.4) is 0 Å². The Hall–Kier alpha value is -1.15. The van der Waals surface area contributed by atoms with Gasteiger partial charge in [-0.3, -0.25) is 0 Å². The summed E-state index contributed by atoms with van der Waals surface area (Å²) in [6.45, 7) is 1.94. The molecule has 4 atom stereocenters. The Balaban J connectivity index is 1.64. The Labute approximate surface area is 149 Å². The van der Waals surface area contributed by atoms with Crippen molar-refractivity contribution in [2.24, 2.45) is 11.8 Å². The Bertz CT molecular complexity index is 766. The number of methoxy groups -OCH3 is 1. The molecule has 0 amide bonds. The van der Waals surface area contributed by atoms with E-state index in [1.54, 1.807) is 28.6 Å². The summed E-state index contributed by atoms with van der Waals surface area (Å²) in [6.07, 6.45) is 2.28. The lowest BCUT2D eigenvalue weighted by atomic mass is 9.73. The second-order valence-corrected chi connectivity index (χ2v) is 9.65. The number of nitrogens with zero attached hydrogens (tertiary/aromatic N) is 2. The van der Waals surface area contributed by atoms with E-state index in [-0.39, 0.29) is 22.5 Å². The van der Waals surface area contributed by atoms with Crippen LogP contribution < -0.4 is 4.74 Å². The van der Waals surface area contributed by atoms with Gasteiger partial charge in [-0.1, -0.05) is 12.1 Å². The molecule has 3 saturated heterocycles. The summed E-state index contributed by atoms with van der Waals surface area (Å²) >= 11 is 0. The van der Waals surface area contributed by atoms with E-state index in [4.69, 9.17) is 9.47 Å². The minimum Gasteiger partial charge on any atom is -0.495 e. The molecule has 3 fully saturated rings. The predicted molar refractivity (Wildman–Crippen MR) is 94.1 cm³/mol. The predicted octanol–water partition coefficient (Wildman–Crippen LogP) is 1.42. The molecule has 1 spiro atoms. The quantitative estimate of drug-likeness (QED) is 0.789. The van der Waals surface area contributed by atoms with E-state index in [9.17, 15) is 8.42 Å². The van der Waals surface area contributed by atoms with Crippen LogP contribution in [0.15, 0.2) is 29.2 Å². The summed E-state index contributed by atoms with van der Waals surface area (Å²) in [4.78, 5) is 2.42. The van der Waals surface area contributed by atoms with E-state index >= 15 is 0 Å². The number of rotatable bonds is 5. The summed E-state index contributed by atoms with van der Waals surface area (Å²) in [5, 5.41) is 0. The molecule has 138 valence electrons. The highest BCUT2D eigenvalue weighted by molar-refractivity contribution is 7.89. The fraction of sp³-hybridized carbons (Fsp3) is 0.667. The van der Waals surface area contributed by atoms with Gasteiger partial charge < -0.3 is 14.4 Å². The molecule has 0 unspecified atom stereocenters. The number of ether oxygens (including phenoxy) is 2. The number of sulfonamides is 1. The van der Waals surface area contributed by atoms with Crippen molar-refractivity contribution in [1.82, 2.24) is 9.21 Å². The van der Waals surface area contributed by atoms with Gasteiger partial charge in [-0.05, 0) is 39.1 Å². The van der Waals surface area contributed by atoms with Crippen molar-refractivity contribution >= 4 is 10.0 Å². The van der Waals surface area contributed by atoms with Crippen LogP contribution in [-0.4, -0.2) is 70.2 Å². The van der Waals surface area contributed by atoms with Gasteiger partial charge in [0.1, 0.15) is 10.6 Å². The average molecular weight is 366 g/mol. The molecule has 2 bridgehead atoms. The molecule has 3 heterocycles. The highest BCUT2D eigenvalue weighted by Gasteiger charge is 2.64. The van der Waals surface area contributed by atoms with Gasteiger partial charge in [-0.15, -0.1) is 0 Å². The van der Waals surface area contributed by atoms with Crippen molar-refractivity contribution in [2.75, 3.05) is 40.8 Å². The van der Waals surface area contributed by atoms with Crippen molar-refractivity contribution in [2.45, 2.75) is 29.4 Å². The molecule has 0 N–H and O–H groups in total. The molecule has 0 radical (unpaired) electrons. The molecule has 3 aliphatic rings. The molecule has 7 heteroatoms. The number of hydrogen-bond acceptors (Lipinski definition) is 5. The lowest BCUT2D eigenvalue weighted by Crippen LogP contribution is -2.40. The van der Waals surface area contributed by atoms with E-state index in [0.29, 0.717) is 24.8 Å². The molecule has 0 saturated carbocycles. The zero-order chi connectivity index (χ0) is 17.8.